The highest BCUT2D eigenvalue weighted by atomic mass is 16.6. The van der Waals surface area contributed by atoms with Crippen molar-refractivity contribution in [1.82, 2.24) is 10.2 Å². The summed E-state index contributed by atoms with van der Waals surface area (Å²) in [7, 11) is 3.80. The Balaban J connectivity index is 2.18. The van der Waals surface area contributed by atoms with E-state index in [-0.39, 0.29) is 5.95 Å². The summed E-state index contributed by atoms with van der Waals surface area (Å²) >= 11 is 0. The Hall–Kier alpha value is -1.34. The lowest BCUT2D eigenvalue weighted by Crippen LogP contribution is -2.65. The van der Waals surface area contributed by atoms with Gasteiger partial charge in [0.15, 0.2) is 5.95 Å². The van der Waals surface area contributed by atoms with E-state index in [9.17, 15) is 5.11 Å². The predicted octanol–water partition coefficient (Wildman–Crippen LogP) is -1.93. The summed E-state index contributed by atoms with van der Waals surface area (Å²) < 4.78 is 9.95. The van der Waals surface area contributed by atoms with Gasteiger partial charge in [-0.1, -0.05) is 0 Å². The Kier molecular flexibility index (Phi) is 3.25. The molecule has 16 heavy (non-hydrogen) atoms. The van der Waals surface area contributed by atoms with Gasteiger partial charge in [-0.3, -0.25) is 4.90 Å². The average molecular weight is 228 g/mol. The first-order valence-electron chi connectivity index (χ1n) is 5.24. The van der Waals surface area contributed by atoms with Gasteiger partial charge in [0.1, 0.15) is 5.27 Å². The highest BCUT2D eigenvalue weighted by molar-refractivity contribution is 5.03. The second-order valence-electron chi connectivity index (χ2n) is 4.00. The maximum atomic E-state index is 11.5. The van der Waals surface area contributed by atoms with Crippen LogP contribution < -0.4 is 14.9 Å². The molecule has 1 aromatic heterocycles. The van der Waals surface area contributed by atoms with Crippen LogP contribution in [0, 0.1) is 0 Å². The molecule has 0 saturated carbocycles. The van der Waals surface area contributed by atoms with Gasteiger partial charge in [0.2, 0.25) is 0 Å². The molecule has 0 amide bonds. The number of rotatable bonds is 3. The zero-order valence-electron chi connectivity index (χ0n) is 9.55. The Labute approximate surface area is 93.7 Å². The SMILES string of the molecule is CN(C)Cc1c([O-])on[n+]1N1CCOCC1. The Morgan fingerprint density at radius 3 is 2.75 bits per heavy atom. The van der Waals surface area contributed by atoms with E-state index >= 15 is 0 Å². The first kappa shape index (κ1) is 11.2. The topological polar surface area (TPSA) is 68.7 Å². The molecule has 1 fully saturated rings. The third-order valence-electron chi connectivity index (χ3n) is 2.40. The van der Waals surface area contributed by atoms with Crippen molar-refractivity contribution in [3.63, 3.8) is 0 Å². The average Bonchev–Trinajstić information content (AvgIpc) is 2.61. The van der Waals surface area contributed by atoms with Crippen LogP contribution in [0.1, 0.15) is 5.69 Å². The van der Waals surface area contributed by atoms with Crippen molar-refractivity contribution < 1.29 is 19.2 Å². The van der Waals surface area contributed by atoms with Gasteiger partial charge in [0.05, 0.1) is 32.8 Å². The number of morpholine rings is 1. The molecule has 0 radical (unpaired) electrons. The van der Waals surface area contributed by atoms with Crippen LogP contribution >= 0.6 is 0 Å². The summed E-state index contributed by atoms with van der Waals surface area (Å²) in [6.07, 6.45) is 0. The number of hydrogen-bond donors (Lipinski definition) is 0. The van der Waals surface area contributed by atoms with Crippen LogP contribution in [0.4, 0.5) is 0 Å². The lowest BCUT2D eigenvalue weighted by atomic mass is 10.4. The van der Waals surface area contributed by atoms with E-state index in [0.717, 1.165) is 13.1 Å². The highest BCUT2D eigenvalue weighted by Crippen LogP contribution is 2.08. The van der Waals surface area contributed by atoms with E-state index in [0.29, 0.717) is 25.5 Å². The number of aromatic nitrogens is 2. The fourth-order valence-electron chi connectivity index (χ4n) is 1.65. The molecule has 1 aliphatic heterocycles. The molecule has 1 aliphatic rings. The van der Waals surface area contributed by atoms with Crippen LogP contribution in [0.25, 0.3) is 0 Å². The smallest absolute Gasteiger partial charge is 0.281 e. The van der Waals surface area contributed by atoms with Crippen molar-refractivity contribution in [2.45, 2.75) is 6.54 Å². The molecule has 0 aliphatic carbocycles. The molecule has 0 N–H and O–H groups in total. The van der Waals surface area contributed by atoms with Gasteiger partial charge in [-0.05, 0) is 14.1 Å². The van der Waals surface area contributed by atoms with Crippen LogP contribution in [0.15, 0.2) is 4.52 Å². The lowest BCUT2D eigenvalue weighted by Gasteiger charge is -2.20. The third-order valence-corrected chi connectivity index (χ3v) is 2.40. The van der Waals surface area contributed by atoms with Gasteiger partial charge in [-0.15, -0.1) is 0 Å². The van der Waals surface area contributed by atoms with Crippen molar-refractivity contribution in [1.29, 1.82) is 0 Å². The fraction of sp³-hybridized carbons (Fsp3) is 0.778. The number of hydrogen-bond acceptors (Lipinski definition) is 6. The summed E-state index contributed by atoms with van der Waals surface area (Å²) in [4.78, 5) is 3.47. The molecule has 1 saturated heterocycles. The minimum absolute atomic E-state index is 0.375. The zero-order chi connectivity index (χ0) is 11.5. The molecular formula is C9H16N4O3. The van der Waals surface area contributed by atoms with Crippen molar-refractivity contribution in [2.75, 3.05) is 45.4 Å². The predicted molar refractivity (Wildman–Crippen MR) is 52.3 cm³/mol. The van der Waals surface area contributed by atoms with Gasteiger partial charge >= 0.3 is 0 Å². The maximum absolute atomic E-state index is 11.5. The molecule has 0 atom stereocenters. The molecule has 1 aromatic rings. The molecule has 0 bridgehead atoms. The quantitative estimate of drug-likeness (QED) is 0.561. The van der Waals surface area contributed by atoms with Crippen molar-refractivity contribution >= 4 is 0 Å². The normalized spacial score (nSPS) is 17.1. The van der Waals surface area contributed by atoms with E-state index in [1.807, 2.05) is 24.0 Å². The molecule has 7 heteroatoms. The number of nitrogens with zero attached hydrogens (tertiary/aromatic N) is 4. The van der Waals surface area contributed by atoms with Gasteiger partial charge in [0, 0.05) is 4.79 Å². The standard InChI is InChI=1S/C9H16N4O3/c1-11(2)7-8-9(14)16-10-13(8)12-3-5-15-6-4-12/h3-7H2,1-2H3. The van der Waals surface area contributed by atoms with E-state index in [2.05, 4.69) is 5.27 Å². The highest BCUT2D eigenvalue weighted by Gasteiger charge is 2.26. The maximum Gasteiger partial charge on any atom is 0.281 e. The molecule has 0 spiro atoms. The van der Waals surface area contributed by atoms with Gasteiger partial charge in [0.25, 0.3) is 5.69 Å². The molecule has 2 rings (SSSR count). The summed E-state index contributed by atoms with van der Waals surface area (Å²) in [5.41, 5.74) is 0.548. The molecular weight excluding hydrogens is 212 g/mol. The third kappa shape index (κ3) is 2.25. The molecule has 0 aromatic carbocycles. The summed E-state index contributed by atoms with van der Waals surface area (Å²) in [5, 5.41) is 17.2. The monoisotopic (exact) mass is 228 g/mol. The van der Waals surface area contributed by atoms with Crippen LogP contribution in [-0.2, 0) is 11.3 Å². The first-order chi connectivity index (χ1) is 7.68. The largest absolute Gasteiger partial charge is 0.539 e. The zero-order valence-corrected chi connectivity index (χ0v) is 9.55. The van der Waals surface area contributed by atoms with Gasteiger partial charge < -0.3 is 14.4 Å². The minimum Gasteiger partial charge on any atom is -0.539 e. The Bertz CT molecular complexity index is 347. The molecule has 7 nitrogen and oxygen atoms in total. The summed E-state index contributed by atoms with van der Waals surface area (Å²) in [5.74, 6) is -0.375. The first-order valence-corrected chi connectivity index (χ1v) is 5.24. The summed E-state index contributed by atoms with van der Waals surface area (Å²) in [6, 6.07) is 0. The second kappa shape index (κ2) is 4.67. The van der Waals surface area contributed by atoms with Crippen LogP contribution in [-0.4, -0.2) is 50.6 Å². The second-order valence-corrected chi connectivity index (χ2v) is 4.00. The Morgan fingerprint density at radius 2 is 2.12 bits per heavy atom. The Morgan fingerprint density at radius 1 is 1.44 bits per heavy atom. The lowest BCUT2D eigenvalue weighted by molar-refractivity contribution is -0.766. The van der Waals surface area contributed by atoms with Crippen LogP contribution in [0.5, 0.6) is 5.95 Å². The van der Waals surface area contributed by atoms with E-state index in [1.54, 1.807) is 4.79 Å². The molecule has 0 unspecified atom stereocenters. The van der Waals surface area contributed by atoms with Crippen LogP contribution in [0.3, 0.4) is 0 Å². The van der Waals surface area contributed by atoms with Crippen molar-refractivity contribution in [2.24, 2.45) is 0 Å². The van der Waals surface area contributed by atoms with Crippen molar-refractivity contribution in [3.8, 4) is 5.95 Å². The van der Waals surface area contributed by atoms with E-state index < -0.39 is 0 Å². The van der Waals surface area contributed by atoms with Crippen molar-refractivity contribution in [3.05, 3.63) is 5.69 Å². The van der Waals surface area contributed by atoms with Gasteiger partial charge in [-0.2, -0.15) is 5.01 Å². The van der Waals surface area contributed by atoms with E-state index in [1.165, 1.54) is 0 Å². The van der Waals surface area contributed by atoms with Crippen LogP contribution in [0.2, 0.25) is 0 Å². The minimum atomic E-state index is -0.375. The van der Waals surface area contributed by atoms with E-state index in [4.69, 9.17) is 9.26 Å². The van der Waals surface area contributed by atoms with Gasteiger partial charge in [-0.25, -0.2) is 0 Å². The summed E-state index contributed by atoms with van der Waals surface area (Å²) in [6.45, 7) is 3.25. The number of ether oxygens (including phenoxy) is 1. The fourth-order valence-corrected chi connectivity index (χ4v) is 1.65. The molecule has 2 heterocycles. The molecule has 90 valence electrons.